The Morgan fingerprint density at radius 3 is 2.50 bits per heavy atom. The number of hydrogen-bond donors (Lipinski definition) is 0. The molecule has 1 saturated carbocycles. The van der Waals surface area contributed by atoms with E-state index in [2.05, 4.69) is 30.7 Å². The molecule has 1 aromatic carbocycles. The van der Waals surface area contributed by atoms with Gasteiger partial charge in [0.05, 0.1) is 11.1 Å². The van der Waals surface area contributed by atoms with Crippen LogP contribution in [0.2, 0.25) is 0 Å². The van der Waals surface area contributed by atoms with Crippen molar-refractivity contribution in [2.45, 2.75) is 57.2 Å². The van der Waals surface area contributed by atoms with E-state index in [0.717, 1.165) is 42.8 Å². The summed E-state index contributed by atoms with van der Waals surface area (Å²) < 4.78 is 3.82. The van der Waals surface area contributed by atoms with Crippen molar-refractivity contribution in [2.24, 2.45) is 0 Å². The van der Waals surface area contributed by atoms with Gasteiger partial charge in [-0.3, -0.25) is 4.90 Å². The maximum atomic E-state index is 4.52. The summed E-state index contributed by atoms with van der Waals surface area (Å²) in [6, 6.07) is 8.01. The fourth-order valence-corrected chi connectivity index (χ4v) is 4.74. The number of fused-ring (bicyclic) bond motifs is 1. The van der Waals surface area contributed by atoms with Crippen LogP contribution in [-0.4, -0.2) is 53.2 Å². The van der Waals surface area contributed by atoms with Crippen LogP contribution in [0.15, 0.2) is 24.3 Å². The Kier molecular flexibility index (Phi) is 3.92. The predicted octanol–water partition coefficient (Wildman–Crippen LogP) is 2.18. The Hall–Kier alpha value is -2.35. The van der Waals surface area contributed by atoms with Crippen molar-refractivity contribution in [1.82, 2.24) is 40.1 Å². The van der Waals surface area contributed by atoms with Gasteiger partial charge in [0.1, 0.15) is 12.2 Å². The Bertz CT molecular complexity index is 885. The molecular formula is C18H24N8. The monoisotopic (exact) mass is 352 g/mol. The molecule has 3 heterocycles. The molecule has 2 aliphatic rings. The minimum Gasteiger partial charge on any atom is -0.291 e. The van der Waals surface area contributed by atoms with Crippen molar-refractivity contribution in [3.8, 4) is 0 Å². The summed E-state index contributed by atoms with van der Waals surface area (Å²) >= 11 is 0. The molecule has 1 saturated heterocycles. The van der Waals surface area contributed by atoms with Crippen molar-refractivity contribution in [1.29, 1.82) is 0 Å². The molecule has 5 rings (SSSR count). The van der Waals surface area contributed by atoms with Crippen LogP contribution in [0.1, 0.15) is 50.8 Å². The lowest BCUT2D eigenvalue weighted by Gasteiger charge is -2.43. The molecule has 0 radical (unpaired) electrons. The van der Waals surface area contributed by atoms with E-state index in [9.17, 15) is 0 Å². The zero-order valence-electron chi connectivity index (χ0n) is 15.0. The quantitative estimate of drug-likeness (QED) is 0.716. The Balaban J connectivity index is 1.53. The first-order chi connectivity index (χ1) is 12.9. The maximum absolute atomic E-state index is 4.52. The highest BCUT2D eigenvalue weighted by molar-refractivity contribution is 5.73. The van der Waals surface area contributed by atoms with E-state index in [1.54, 1.807) is 0 Å². The lowest BCUT2D eigenvalue weighted by molar-refractivity contribution is 0.0563. The minimum absolute atomic E-state index is 0.0192. The highest BCUT2D eigenvalue weighted by Gasteiger charge is 2.44. The first-order valence-electron chi connectivity index (χ1n) is 9.67. The van der Waals surface area contributed by atoms with Crippen molar-refractivity contribution < 1.29 is 0 Å². The molecule has 0 amide bonds. The number of likely N-dealkylation sites (tertiary alicyclic amines) is 1. The van der Waals surface area contributed by atoms with E-state index >= 15 is 0 Å². The molecule has 1 aliphatic carbocycles. The van der Waals surface area contributed by atoms with Crippen LogP contribution < -0.4 is 0 Å². The summed E-state index contributed by atoms with van der Waals surface area (Å²) in [4.78, 5) is 2.63. The van der Waals surface area contributed by atoms with Gasteiger partial charge in [-0.1, -0.05) is 36.6 Å². The van der Waals surface area contributed by atoms with E-state index in [-0.39, 0.29) is 5.54 Å². The Labute approximate surface area is 152 Å². The topological polar surface area (TPSA) is 77.5 Å². The van der Waals surface area contributed by atoms with E-state index in [1.165, 1.54) is 32.1 Å². The maximum Gasteiger partial charge on any atom is 0.173 e. The smallest absolute Gasteiger partial charge is 0.173 e. The van der Waals surface area contributed by atoms with Gasteiger partial charge in [-0.2, -0.15) is 0 Å². The third-order valence-electron chi connectivity index (χ3n) is 6.03. The number of tetrazole rings is 1. The summed E-state index contributed by atoms with van der Waals surface area (Å²) in [5.41, 5.74) is 1.89. The van der Waals surface area contributed by atoms with Gasteiger partial charge in [-0.05, 0) is 61.3 Å². The molecule has 0 atom stereocenters. The van der Waals surface area contributed by atoms with Crippen LogP contribution in [-0.2, 0) is 12.2 Å². The molecule has 0 bridgehead atoms. The second kappa shape index (κ2) is 6.42. The van der Waals surface area contributed by atoms with Crippen molar-refractivity contribution in [2.75, 3.05) is 13.1 Å². The summed E-state index contributed by atoms with van der Waals surface area (Å²) in [5.74, 6) is 0.999. The number of hydrogen-bond acceptors (Lipinski definition) is 6. The lowest BCUT2D eigenvalue weighted by atomic mass is 9.79. The van der Waals surface area contributed by atoms with E-state index in [0.29, 0.717) is 6.67 Å². The van der Waals surface area contributed by atoms with Crippen molar-refractivity contribution in [3.63, 3.8) is 0 Å². The molecule has 8 nitrogen and oxygen atoms in total. The third-order valence-corrected chi connectivity index (χ3v) is 6.03. The van der Waals surface area contributed by atoms with Crippen molar-refractivity contribution in [3.05, 3.63) is 30.1 Å². The van der Waals surface area contributed by atoms with Crippen molar-refractivity contribution >= 4 is 11.0 Å². The largest absolute Gasteiger partial charge is 0.291 e. The average Bonchev–Trinajstić information content (AvgIpc) is 3.45. The predicted molar refractivity (Wildman–Crippen MR) is 96.3 cm³/mol. The summed E-state index contributed by atoms with van der Waals surface area (Å²) in [6.45, 7) is 2.80. The highest BCUT2D eigenvalue weighted by Crippen LogP contribution is 2.42. The van der Waals surface area contributed by atoms with E-state index in [4.69, 9.17) is 0 Å². The number of benzene rings is 1. The molecular weight excluding hydrogens is 328 g/mol. The fraction of sp³-hybridized carbons (Fsp3) is 0.611. The van der Waals surface area contributed by atoms with Gasteiger partial charge in [-0.25, -0.2) is 9.36 Å². The summed E-state index contributed by atoms with van der Waals surface area (Å²) in [7, 11) is 0. The van der Waals surface area contributed by atoms with Crippen LogP contribution in [0.5, 0.6) is 0 Å². The first-order valence-corrected chi connectivity index (χ1v) is 9.67. The SMILES string of the molecule is c1ccc2c(c1)nnn2Cn1nnnc1C1(N2CCCC2)CCCCC1. The Morgan fingerprint density at radius 2 is 1.65 bits per heavy atom. The van der Waals surface area contributed by atoms with Gasteiger partial charge >= 0.3 is 0 Å². The number of para-hydroxylation sites is 1. The fourth-order valence-electron chi connectivity index (χ4n) is 4.74. The second-order valence-corrected chi connectivity index (χ2v) is 7.51. The molecule has 0 N–H and O–H groups in total. The van der Waals surface area contributed by atoms with Gasteiger partial charge in [0.2, 0.25) is 0 Å². The zero-order valence-corrected chi connectivity index (χ0v) is 15.0. The molecule has 0 unspecified atom stereocenters. The number of nitrogens with zero attached hydrogens (tertiary/aromatic N) is 8. The average molecular weight is 352 g/mol. The standard InChI is InChI=1S/C18H24N8/c1-4-10-18(11-5-1,24-12-6-7-13-24)17-20-21-23-26(17)14-25-16-9-3-2-8-15(16)19-22-25/h2-3,8-9H,1,4-7,10-14H2. The van der Waals surface area contributed by atoms with Gasteiger partial charge in [0, 0.05) is 0 Å². The molecule has 136 valence electrons. The first kappa shape index (κ1) is 15.9. The summed E-state index contributed by atoms with van der Waals surface area (Å²) in [6.07, 6.45) is 8.64. The second-order valence-electron chi connectivity index (χ2n) is 7.51. The van der Waals surface area contributed by atoms with E-state index in [1.807, 2.05) is 33.6 Å². The Morgan fingerprint density at radius 1 is 0.846 bits per heavy atom. The van der Waals surface area contributed by atoms with Crippen LogP contribution in [0, 0.1) is 0 Å². The van der Waals surface area contributed by atoms with Gasteiger partial charge in [-0.15, -0.1) is 10.2 Å². The van der Waals surface area contributed by atoms with Crippen LogP contribution in [0.25, 0.3) is 11.0 Å². The molecule has 26 heavy (non-hydrogen) atoms. The molecule has 3 aromatic rings. The molecule has 2 aromatic heterocycles. The van der Waals surface area contributed by atoms with Crippen LogP contribution >= 0.6 is 0 Å². The third kappa shape index (κ3) is 2.51. The zero-order chi connectivity index (χ0) is 17.4. The lowest BCUT2D eigenvalue weighted by Crippen LogP contribution is -2.48. The molecule has 2 fully saturated rings. The molecule has 8 heteroatoms. The highest BCUT2D eigenvalue weighted by atomic mass is 15.6. The van der Waals surface area contributed by atoms with Gasteiger partial charge in [0.25, 0.3) is 0 Å². The minimum atomic E-state index is -0.0192. The molecule has 1 aliphatic heterocycles. The van der Waals surface area contributed by atoms with Gasteiger partial charge < -0.3 is 0 Å². The van der Waals surface area contributed by atoms with E-state index < -0.39 is 0 Å². The van der Waals surface area contributed by atoms with Crippen LogP contribution in [0.4, 0.5) is 0 Å². The van der Waals surface area contributed by atoms with Crippen LogP contribution in [0.3, 0.4) is 0 Å². The number of rotatable bonds is 4. The normalized spacial score (nSPS) is 20.8. The molecule has 0 spiro atoms. The summed E-state index contributed by atoms with van der Waals surface area (Å²) in [5, 5.41) is 21.5. The van der Waals surface area contributed by atoms with Gasteiger partial charge in [0.15, 0.2) is 5.82 Å². The number of aromatic nitrogens is 7.